The minimum absolute atomic E-state index is 0.0340. The van der Waals surface area contributed by atoms with Crippen LogP contribution in [0, 0.1) is 5.92 Å². The first-order chi connectivity index (χ1) is 12.1. The number of benzene rings is 2. The Balaban J connectivity index is 2.00. The third-order valence-electron chi connectivity index (χ3n) is 5.67. The summed E-state index contributed by atoms with van der Waals surface area (Å²) in [6, 6.07) is 17.2. The van der Waals surface area contributed by atoms with E-state index in [-0.39, 0.29) is 17.6 Å². The maximum atomic E-state index is 13.7. The fourth-order valence-electron chi connectivity index (χ4n) is 4.45. The smallest absolute Gasteiger partial charge is 0.231 e. The fraction of sp³-hybridized carbons (Fsp3) is 0.273. The lowest BCUT2D eigenvalue weighted by atomic mass is 9.57. The molecule has 2 aromatic carbocycles. The van der Waals surface area contributed by atoms with Gasteiger partial charge in [0.15, 0.2) is 5.78 Å². The fourth-order valence-corrected chi connectivity index (χ4v) is 4.45. The van der Waals surface area contributed by atoms with Crippen LogP contribution in [0.2, 0.25) is 0 Å². The lowest BCUT2D eigenvalue weighted by molar-refractivity contribution is -0.124. The van der Waals surface area contributed by atoms with Gasteiger partial charge in [0, 0.05) is 18.3 Å². The molecule has 0 N–H and O–H groups in total. The zero-order valence-electron chi connectivity index (χ0n) is 14.5. The third kappa shape index (κ3) is 2.19. The van der Waals surface area contributed by atoms with E-state index in [2.05, 4.69) is 13.0 Å². The molecule has 2 aliphatic rings. The van der Waals surface area contributed by atoms with Crippen molar-refractivity contribution in [2.24, 2.45) is 5.92 Å². The number of Topliss-reactive ketones (excluding diaryl/α,β-unsaturated/α-hetero) is 1. The standard InChI is InChI=1S/C22H21NO2/c1-15-12-13-18-21(25)23(2)19-11-7-6-10-17(19)22(18,14-15)20(24)16-8-4-3-5-9-16/h3-12,18H,13-14H2,1-2H3/t18-,22-/m1/s1. The monoisotopic (exact) mass is 331 g/mol. The third-order valence-corrected chi connectivity index (χ3v) is 5.67. The lowest BCUT2D eigenvalue weighted by Gasteiger charge is -2.48. The molecule has 0 unspecified atom stereocenters. The van der Waals surface area contributed by atoms with Crippen molar-refractivity contribution in [2.45, 2.75) is 25.2 Å². The first kappa shape index (κ1) is 15.8. The van der Waals surface area contributed by atoms with Crippen molar-refractivity contribution in [3.05, 3.63) is 77.4 Å². The van der Waals surface area contributed by atoms with E-state index in [1.54, 1.807) is 4.90 Å². The predicted octanol–water partition coefficient (Wildman–Crippen LogP) is 4.14. The molecule has 25 heavy (non-hydrogen) atoms. The summed E-state index contributed by atoms with van der Waals surface area (Å²) in [5, 5.41) is 0. The van der Waals surface area contributed by atoms with Crippen LogP contribution in [-0.4, -0.2) is 18.7 Å². The van der Waals surface area contributed by atoms with Crippen molar-refractivity contribution in [3.8, 4) is 0 Å². The van der Waals surface area contributed by atoms with Gasteiger partial charge >= 0.3 is 0 Å². The lowest BCUT2D eigenvalue weighted by Crippen LogP contribution is -2.56. The van der Waals surface area contributed by atoms with E-state index >= 15 is 0 Å². The second kappa shape index (κ2) is 5.69. The highest BCUT2D eigenvalue weighted by Gasteiger charge is 2.56. The molecule has 0 bridgehead atoms. The van der Waals surface area contributed by atoms with Crippen molar-refractivity contribution in [1.82, 2.24) is 0 Å². The largest absolute Gasteiger partial charge is 0.315 e. The summed E-state index contributed by atoms with van der Waals surface area (Å²) in [5.41, 5.74) is 2.87. The first-order valence-electron chi connectivity index (χ1n) is 8.68. The maximum absolute atomic E-state index is 13.7. The number of nitrogens with zero attached hydrogens (tertiary/aromatic N) is 1. The molecule has 0 aromatic heterocycles. The molecule has 126 valence electrons. The molecule has 2 aromatic rings. The van der Waals surface area contributed by atoms with E-state index in [1.807, 2.05) is 61.6 Å². The summed E-state index contributed by atoms with van der Waals surface area (Å²) < 4.78 is 0. The van der Waals surface area contributed by atoms with E-state index in [0.29, 0.717) is 18.4 Å². The van der Waals surface area contributed by atoms with Crippen LogP contribution >= 0.6 is 0 Å². The average molecular weight is 331 g/mol. The summed E-state index contributed by atoms with van der Waals surface area (Å²) in [6.45, 7) is 2.06. The number of hydrogen-bond acceptors (Lipinski definition) is 2. The summed E-state index contributed by atoms with van der Waals surface area (Å²) >= 11 is 0. The molecule has 0 fully saturated rings. The molecule has 3 heteroatoms. The Labute approximate surface area is 148 Å². The number of carbonyl (C=O) groups is 2. The van der Waals surface area contributed by atoms with E-state index in [9.17, 15) is 9.59 Å². The Hall–Kier alpha value is -2.68. The number of anilines is 1. The molecule has 1 aliphatic carbocycles. The van der Waals surface area contributed by atoms with Crippen LogP contribution in [0.15, 0.2) is 66.2 Å². The quantitative estimate of drug-likeness (QED) is 0.613. The molecule has 1 aliphatic heterocycles. The van der Waals surface area contributed by atoms with E-state index < -0.39 is 5.41 Å². The van der Waals surface area contributed by atoms with Gasteiger partial charge in [0.1, 0.15) is 0 Å². The number of carbonyl (C=O) groups excluding carboxylic acids is 2. The van der Waals surface area contributed by atoms with Crippen molar-refractivity contribution < 1.29 is 9.59 Å². The molecule has 0 spiro atoms. The number of ketones is 1. The molecule has 1 amide bonds. The predicted molar refractivity (Wildman–Crippen MR) is 98.8 cm³/mol. The molecule has 3 nitrogen and oxygen atoms in total. The Morgan fingerprint density at radius 2 is 1.76 bits per heavy atom. The number of fused-ring (bicyclic) bond motifs is 3. The second-order valence-corrected chi connectivity index (χ2v) is 7.10. The second-order valence-electron chi connectivity index (χ2n) is 7.10. The van der Waals surface area contributed by atoms with Crippen LogP contribution in [0.3, 0.4) is 0 Å². The molecule has 4 rings (SSSR count). The van der Waals surface area contributed by atoms with Crippen molar-refractivity contribution >= 4 is 17.4 Å². The number of allylic oxidation sites excluding steroid dienone is 2. The van der Waals surface area contributed by atoms with Gasteiger partial charge in [-0.1, -0.05) is 60.2 Å². The molecular formula is C22H21NO2. The van der Waals surface area contributed by atoms with Gasteiger partial charge in [0.05, 0.1) is 11.3 Å². The summed E-state index contributed by atoms with van der Waals surface area (Å²) in [5.74, 6) is -0.255. The van der Waals surface area contributed by atoms with Crippen LogP contribution in [-0.2, 0) is 10.2 Å². The molecule has 1 heterocycles. The van der Waals surface area contributed by atoms with Gasteiger partial charge < -0.3 is 4.90 Å². The SMILES string of the molecule is CC1=CC[C@@H]2C(=O)N(C)c3ccccc3[C@]2(C(=O)c2ccccc2)C1. The highest BCUT2D eigenvalue weighted by atomic mass is 16.2. The van der Waals surface area contributed by atoms with Crippen molar-refractivity contribution in [2.75, 3.05) is 11.9 Å². The molecule has 0 saturated heterocycles. The van der Waals surface area contributed by atoms with Gasteiger partial charge in [0.2, 0.25) is 5.91 Å². The number of rotatable bonds is 2. The van der Waals surface area contributed by atoms with Crippen LogP contribution in [0.4, 0.5) is 5.69 Å². The number of para-hydroxylation sites is 1. The van der Waals surface area contributed by atoms with Gasteiger partial charge in [-0.2, -0.15) is 0 Å². The molecule has 2 atom stereocenters. The number of hydrogen-bond donors (Lipinski definition) is 0. The maximum Gasteiger partial charge on any atom is 0.231 e. The van der Waals surface area contributed by atoms with Gasteiger partial charge in [0.25, 0.3) is 0 Å². The Morgan fingerprint density at radius 1 is 1.08 bits per heavy atom. The van der Waals surface area contributed by atoms with Gasteiger partial charge in [-0.25, -0.2) is 0 Å². The van der Waals surface area contributed by atoms with E-state index in [0.717, 1.165) is 11.3 Å². The Morgan fingerprint density at radius 3 is 2.52 bits per heavy atom. The molecule has 0 radical (unpaired) electrons. The normalized spacial score (nSPS) is 25.0. The van der Waals surface area contributed by atoms with Gasteiger partial charge in [-0.3, -0.25) is 9.59 Å². The minimum Gasteiger partial charge on any atom is -0.315 e. The van der Waals surface area contributed by atoms with E-state index in [4.69, 9.17) is 0 Å². The Kier molecular flexibility index (Phi) is 3.60. The van der Waals surface area contributed by atoms with E-state index in [1.165, 1.54) is 5.57 Å². The highest BCUT2D eigenvalue weighted by Crippen LogP contribution is 2.52. The zero-order chi connectivity index (χ0) is 17.6. The summed E-state index contributed by atoms with van der Waals surface area (Å²) in [4.78, 5) is 28.5. The van der Waals surface area contributed by atoms with Crippen LogP contribution in [0.25, 0.3) is 0 Å². The van der Waals surface area contributed by atoms with Crippen LogP contribution in [0.1, 0.15) is 35.7 Å². The highest BCUT2D eigenvalue weighted by molar-refractivity contribution is 6.13. The van der Waals surface area contributed by atoms with Crippen LogP contribution < -0.4 is 4.90 Å². The van der Waals surface area contributed by atoms with Crippen LogP contribution in [0.5, 0.6) is 0 Å². The topological polar surface area (TPSA) is 37.4 Å². The first-order valence-corrected chi connectivity index (χ1v) is 8.68. The number of amides is 1. The Bertz CT molecular complexity index is 884. The van der Waals surface area contributed by atoms with Gasteiger partial charge in [-0.05, 0) is 31.4 Å². The molecular weight excluding hydrogens is 310 g/mol. The average Bonchev–Trinajstić information content (AvgIpc) is 2.66. The zero-order valence-corrected chi connectivity index (χ0v) is 14.5. The summed E-state index contributed by atoms with van der Waals surface area (Å²) in [6.07, 6.45) is 3.32. The molecule has 0 saturated carbocycles. The van der Waals surface area contributed by atoms with Crippen molar-refractivity contribution in [3.63, 3.8) is 0 Å². The summed E-state index contributed by atoms with van der Waals surface area (Å²) in [7, 11) is 1.81. The van der Waals surface area contributed by atoms with Gasteiger partial charge in [-0.15, -0.1) is 0 Å². The van der Waals surface area contributed by atoms with Crippen molar-refractivity contribution in [1.29, 1.82) is 0 Å². The minimum atomic E-state index is -0.805.